The van der Waals surface area contributed by atoms with Crippen molar-refractivity contribution >= 4 is 18.3 Å². The van der Waals surface area contributed by atoms with Crippen LogP contribution in [0.5, 0.6) is 0 Å². The fourth-order valence-electron chi connectivity index (χ4n) is 4.22. The number of nitrogens with one attached hydrogen (secondary N) is 4. The van der Waals surface area contributed by atoms with Crippen molar-refractivity contribution < 1.29 is 19.5 Å². The summed E-state index contributed by atoms with van der Waals surface area (Å²) in [6.07, 6.45) is 8.53. The molecule has 3 heterocycles. The van der Waals surface area contributed by atoms with Gasteiger partial charge >= 0.3 is 0 Å². The molecule has 0 radical (unpaired) electrons. The van der Waals surface area contributed by atoms with Gasteiger partial charge in [0.05, 0.1) is 17.8 Å². The van der Waals surface area contributed by atoms with Crippen molar-refractivity contribution in [3.63, 3.8) is 0 Å². The largest absolute Gasteiger partial charge is 0.483 e. The van der Waals surface area contributed by atoms with Gasteiger partial charge in [0.1, 0.15) is 0 Å². The Kier molecular flexibility index (Phi) is 8.43. The molecule has 1 aliphatic carbocycles. The van der Waals surface area contributed by atoms with Crippen molar-refractivity contribution in [3.8, 4) is 0 Å². The van der Waals surface area contributed by atoms with Gasteiger partial charge in [-0.3, -0.25) is 24.4 Å². The average Bonchev–Trinajstić information content (AvgIpc) is 3.13. The van der Waals surface area contributed by atoms with Gasteiger partial charge in [-0.1, -0.05) is 0 Å². The SMILES string of the molecule is Cc1[nH]ccc1C(=O)NC[C@@H]1CC[C@H](CC(=O)NCc2ccn[nH]2)N1CC1CC1.O=CO. The molecular formula is C22H32N6O4. The molecule has 2 atom stereocenters. The molecule has 1 saturated heterocycles. The molecule has 174 valence electrons. The molecular weight excluding hydrogens is 412 g/mol. The first-order chi connectivity index (χ1) is 15.5. The first-order valence-corrected chi connectivity index (χ1v) is 11.0. The molecule has 0 spiro atoms. The molecule has 10 nitrogen and oxygen atoms in total. The Bertz CT molecular complexity index is 877. The number of amides is 2. The number of carbonyl (C=O) groups excluding carboxylic acids is 2. The van der Waals surface area contributed by atoms with Crippen LogP contribution in [0, 0.1) is 12.8 Å². The minimum Gasteiger partial charge on any atom is -0.483 e. The highest BCUT2D eigenvalue weighted by Crippen LogP contribution is 2.35. The van der Waals surface area contributed by atoms with E-state index in [1.54, 1.807) is 12.4 Å². The van der Waals surface area contributed by atoms with E-state index in [2.05, 4.69) is 30.7 Å². The molecule has 2 fully saturated rings. The van der Waals surface area contributed by atoms with Crippen LogP contribution < -0.4 is 10.6 Å². The Morgan fingerprint density at radius 3 is 2.59 bits per heavy atom. The molecule has 2 amide bonds. The summed E-state index contributed by atoms with van der Waals surface area (Å²) in [7, 11) is 0. The van der Waals surface area contributed by atoms with Crippen molar-refractivity contribution in [2.75, 3.05) is 13.1 Å². The molecule has 0 unspecified atom stereocenters. The predicted octanol–water partition coefficient (Wildman–Crippen LogP) is 1.43. The zero-order valence-electron chi connectivity index (χ0n) is 18.3. The van der Waals surface area contributed by atoms with Gasteiger partial charge < -0.3 is 20.7 Å². The van der Waals surface area contributed by atoms with E-state index in [1.165, 1.54) is 12.8 Å². The maximum absolute atomic E-state index is 12.5. The van der Waals surface area contributed by atoms with Crippen molar-refractivity contribution in [1.82, 2.24) is 30.7 Å². The highest BCUT2D eigenvalue weighted by Gasteiger charge is 2.38. The molecule has 32 heavy (non-hydrogen) atoms. The number of likely N-dealkylation sites (tertiary alicyclic amines) is 1. The van der Waals surface area contributed by atoms with E-state index in [9.17, 15) is 9.59 Å². The lowest BCUT2D eigenvalue weighted by atomic mass is 10.1. The lowest BCUT2D eigenvalue weighted by Crippen LogP contribution is -2.45. The van der Waals surface area contributed by atoms with Gasteiger partial charge in [-0.15, -0.1) is 0 Å². The number of carbonyl (C=O) groups is 3. The standard InChI is InChI=1S/C21H30N6O2.CH2O2/c1-14-19(7-8-22-14)21(29)24-12-18-5-4-17(27(18)13-15-2-3-15)10-20(28)23-11-16-6-9-25-26-16;2-1-3/h6-9,15,17-18,22H,2-5,10-13H2,1H3,(H,23,28)(H,24,29)(H,25,26);1H,(H,2,3)/t17-,18+;/m1./s1. The number of aromatic nitrogens is 3. The Balaban J connectivity index is 0.000000913. The van der Waals surface area contributed by atoms with Crippen LogP contribution in [0.15, 0.2) is 24.5 Å². The average molecular weight is 445 g/mol. The van der Waals surface area contributed by atoms with E-state index in [1.807, 2.05) is 19.1 Å². The molecule has 0 aromatic carbocycles. The van der Waals surface area contributed by atoms with Gasteiger partial charge in [0.2, 0.25) is 5.91 Å². The summed E-state index contributed by atoms with van der Waals surface area (Å²) in [5.41, 5.74) is 2.49. The summed E-state index contributed by atoms with van der Waals surface area (Å²) < 4.78 is 0. The third-order valence-electron chi connectivity index (χ3n) is 6.09. The Morgan fingerprint density at radius 1 is 1.22 bits per heavy atom. The van der Waals surface area contributed by atoms with Gasteiger partial charge in [-0.2, -0.15) is 5.10 Å². The number of hydrogen-bond donors (Lipinski definition) is 5. The van der Waals surface area contributed by atoms with Crippen LogP contribution in [0.25, 0.3) is 0 Å². The van der Waals surface area contributed by atoms with Crippen molar-refractivity contribution in [1.29, 1.82) is 0 Å². The lowest BCUT2D eigenvalue weighted by molar-refractivity contribution is -0.123. The van der Waals surface area contributed by atoms with E-state index in [4.69, 9.17) is 9.90 Å². The number of nitrogens with zero attached hydrogens (tertiary/aromatic N) is 2. The molecule has 1 aliphatic heterocycles. The summed E-state index contributed by atoms with van der Waals surface area (Å²) in [6.45, 7) is 3.79. The van der Waals surface area contributed by atoms with E-state index >= 15 is 0 Å². The second-order valence-electron chi connectivity index (χ2n) is 8.42. The minimum absolute atomic E-state index is 0.0316. The van der Waals surface area contributed by atoms with E-state index in [-0.39, 0.29) is 24.3 Å². The molecule has 2 aromatic rings. The first kappa shape index (κ1) is 23.5. The van der Waals surface area contributed by atoms with Crippen LogP contribution in [0.1, 0.15) is 53.8 Å². The molecule has 1 saturated carbocycles. The topological polar surface area (TPSA) is 143 Å². The number of rotatable bonds is 9. The van der Waals surface area contributed by atoms with Gasteiger partial charge in [-0.05, 0) is 50.7 Å². The van der Waals surface area contributed by atoms with Gasteiger partial charge in [0.25, 0.3) is 12.4 Å². The maximum Gasteiger partial charge on any atom is 0.290 e. The van der Waals surface area contributed by atoms with Crippen LogP contribution in [0.4, 0.5) is 0 Å². The smallest absolute Gasteiger partial charge is 0.290 e. The molecule has 0 bridgehead atoms. The fourth-order valence-corrected chi connectivity index (χ4v) is 4.22. The second kappa shape index (κ2) is 11.5. The van der Waals surface area contributed by atoms with Gasteiger partial charge in [0, 0.05) is 49.7 Å². The van der Waals surface area contributed by atoms with Gasteiger partial charge in [0.15, 0.2) is 0 Å². The molecule has 4 rings (SSSR count). The van der Waals surface area contributed by atoms with E-state index in [0.717, 1.165) is 36.7 Å². The van der Waals surface area contributed by atoms with Crippen molar-refractivity contribution in [2.24, 2.45) is 5.92 Å². The van der Waals surface area contributed by atoms with Crippen LogP contribution in [-0.4, -0.2) is 68.6 Å². The summed E-state index contributed by atoms with van der Waals surface area (Å²) in [6, 6.07) is 4.21. The highest BCUT2D eigenvalue weighted by atomic mass is 16.3. The maximum atomic E-state index is 12.5. The lowest BCUT2D eigenvalue weighted by Gasteiger charge is -2.30. The zero-order chi connectivity index (χ0) is 22.9. The van der Waals surface area contributed by atoms with Crippen LogP contribution in [0.2, 0.25) is 0 Å². The van der Waals surface area contributed by atoms with Crippen LogP contribution in [0.3, 0.4) is 0 Å². The minimum atomic E-state index is -0.250. The van der Waals surface area contributed by atoms with E-state index < -0.39 is 0 Å². The Hall–Kier alpha value is -3.14. The third-order valence-corrected chi connectivity index (χ3v) is 6.09. The van der Waals surface area contributed by atoms with Gasteiger partial charge in [-0.25, -0.2) is 0 Å². The first-order valence-electron chi connectivity index (χ1n) is 11.0. The molecule has 2 aliphatic rings. The fraction of sp³-hybridized carbons (Fsp3) is 0.545. The monoisotopic (exact) mass is 444 g/mol. The summed E-state index contributed by atoms with van der Waals surface area (Å²) in [5.74, 6) is 0.780. The second-order valence-corrected chi connectivity index (χ2v) is 8.42. The van der Waals surface area contributed by atoms with Crippen molar-refractivity contribution in [2.45, 2.75) is 57.7 Å². The number of aromatic amines is 2. The quantitative estimate of drug-likeness (QED) is 0.370. The third kappa shape index (κ3) is 6.68. The molecule has 10 heteroatoms. The molecule has 5 N–H and O–H groups in total. The summed E-state index contributed by atoms with van der Waals surface area (Å²) >= 11 is 0. The van der Waals surface area contributed by atoms with E-state index in [0.29, 0.717) is 31.1 Å². The summed E-state index contributed by atoms with van der Waals surface area (Å²) in [4.78, 5) is 38.8. The number of H-pyrrole nitrogens is 2. The summed E-state index contributed by atoms with van der Waals surface area (Å²) in [5, 5.41) is 19.7. The number of hydrogen-bond acceptors (Lipinski definition) is 5. The number of carboxylic acid groups (broad SMARTS) is 1. The van der Waals surface area contributed by atoms with Crippen LogP contribution >= 0.6 is 0 Å². The normalized spacial score (nSPS) is 20.3. The zero-order valence-corrected chi connectivity index (χ0v) is 18.3. The predicted molar refractivity (Wildman–Crippen MR) is 118 cm³/mol. The number of aryl methyl sites for hydroxylation is 1. The van der Waals surface area contributed by atoms with Crippen molar-refractivity contribution in [3.05, 3.63) is 41.5 Å². The highest BCUT2D eigenvalue weighted by molar-refractivity contribution is 5.95. The van der Waals surface area contributed by atoms with Crippen LogP contribution in [-0.2, 0) is 16.1 Å². The molecule has 2 aromatic heterocycles. The Labute approximate surface area is 187 Å². The Morgan fingerprint density at radius 2 is 1.97 bits per heavy atom.